The fourth-order valence-electron chi connectivity index (χ4n) is 3.78. The molecule has 182 valence electrons. The molecule has 15 heteroatoms. The molecule has 0 bridgehead atoms. The predicted octanol–water partition coefficient (Wildman–Crippen LogP) is 0.0460. The molecular weight excluding hydrogens is 459 g/mol. The summed E-state index contributed by atoms with van der Waals surface area (Å²) in [5.41, 5.74) is 5.06. The third-order valence-electron chi connectivity index (χ3n) is 5.31. The first-order valence-electron chi connectivity index (χ1n) is 10.3. The van der Waals surface area contributed by atoms with Gasteiger partial charge in [0.25, 0.3) is 0 Å². The number of anilines is 1. The molecule has 0 saturated carbocycles. The molecular formula is C18H28N6O8P+. The first-order valence-corrected chi connectivity index (χ1v) is 11.9. The Balaban J connectivity index is 1.51. The number of carbonyl (C=O) groups is 1. The van der Waals surface area contributed by atoms with E-state index in [4.69, 9.17) is 29.0 Å². The van der Waals surface area contributed by atoms with Crippen LogP contribution >= 0.6 is 8.09 Å². The molecule has 2 aromatic heterocycles. The zero-order valence-electron chi connectivity index (χ0n) is 18.6. The Labute approximate surface area is 190 Å². The fourth-order valence-corrected chi connectivity index (χ4v) is 5.15. The van der Waals surface area contributed by atoms with E-state index in [1.807, 2.05) is 0 Å². The van der Waals surface area contributed by atoms with Gasteiger partial charge < -0.3 is 25.1 Å². The molecule has 0 aliphatic carbocycles. The molecule has 0 amide bonds. The maximum Gasteiger partial charge on any atom is 0.502 e. The average Bonchev–Trinajstić information content (AvgIpc) is 3.24. The van der Waals surface area contributed by atoms with Gasteiger partial charge in [-0.2, -0.15) is 9.42 Å². The number of imidazole rings is 1. The Morgan fingerprint density at radius 1 is 1.36 bits per heavy atom. The Bertz CT molecular complexity index is 1020. The van der Waals surface area contributed by atoms with Gasteiger partial charge in [0.05, 0.1) is 12.4 Å². The summed E-state index contributed by atoms with van der Waals surface area (Å²) in [7, 11) is -3.70. The van der Waals surface area contributed by atoms with E-state index in [9.17, 15) is 14.8 Å². The second kappa shape index (κ2) is 8.96. The van der Waals surface area contributed by atoms with Crippen LogP contribution in [0.5, 0.6) is 0 Å². The van der Waals surface area contributed by atoms with E-state index in [0.717, 1.165) is 0 Å². The molecule has 2 aromatic rings. The van der Waals surface area contributed by atoms with Gasteiger partial charge in [-0.25, -0.2) is 15.0 Å². The maximum atomic E-state index is 12.1. The highest BCUT2D eigenvalue weighted by Gasteiger charge is 2.58. The minimum absolute atomic E-state index is 0.190. The van der Waals surface area contributed by atoms with Crippen LogP contribution in [-0.2, 0) is 28.1 Å². The highest BCUT2D eigenvalue weighted by Crippen LogP contribution is 2.55. The van der Waals surface area contributed by atoms with Crippen molar-refractivity contribution >= 4 is 31.0 Å². The lowest BCUT2D eigenvalue weighted by molar-refractivity contribution is -0.151. The quantitative estimate of drug-likeness (QED) is 0.328. The molecule has 2 fully saturated rings. The Morgan fingerprint density at radius 3 is 2.85 bits per heavy atom. The molecule has 2 saturated heterocycles. The number of carbonyl (C=O) groups excluding carboxylic acids is 1. The molecule has 0 aromatic carbocycles. The Hall–Kier alpha value is -2.03. The van der Waals surface area contributed by atoms with Crippen LogP contribution in [0, 0.1) is 0 Å². The largest absolute Gasteiger partial charge is 0.502 e. The van der Waals surface area contributed by atoms with Crippen LogP contribution in [0.4, 0.5) is 5.82 Å². The van der Waals surface area contributed by atoms with Crippen molar-refractivity contribution in [1.82, 2.24) is 24.6 Å². The summed E-state index contributed by atoms with van der Waals surface area (Å²) in [6.45, 7) is 5.89. The first-order chi connectivity index (χ1) is 15.5. The van der Waals surface area contributed by atoms with Crippen molar-refractivity contribution in [2.75, 3.05) is 19.1 Å². The number of rotatable bonds is 5. The summed E-state index contributed by atoms with van der Waals surface area (Å²) < 4.78 is 29.5. The number of nitrogen functional groups attached to an aromatic ring is 1. The third-order valence-corrected chi connectivity index (χ3v) is 6.98. The molecule has 5 N–H and O–H groups in total. The molecule has 0 radical (unpaired) electrons. The summed E-state index contributed by atoms with van der Waals surface area (Å²) in [5.74, 6) is -0.374. The van der Waals surface area contributed by atoms with Crippen molar-refractivity contribution in [2.24, 2.45) is 0 Å². The number of aromatic nitrogens is 4. The van der Waals surface area contributed by atoms with E-state index < -0.39 is 50.9 Å². The Morgan fingerprint density at radius 2 is 2.12 bits per heavy atom. The van der Waals surface area contributed by atoms with Crippen molar-refractivity contribution in [1.29, 1.82) is 0 Å². The number of esters is 1. The summed E-state index contributed by atoms with van der Waals surface area (Å²) in [4.78, 5) is 35.2. The number of aliphatic hydroxyl groups is 1. The molecule has 0 spiro atoms. The van der Waals surface area contributed by atoms with E-state index in [1.54, 1.807) is 20.8 Å². The summed E-state index contributed by atoms with van der Waals surface area (Å²) in [5, 5.41) is 13.9. The number of hydrogen-bond donors (Lipinski definition) is 4. The summed E-state index contributed by atoms with van der Waals surface area (Å²) in [6.07, 6.45) is -0.180. The van der Waals surface area contributed by atoms with Crippen molar-refractivity contribution in [3.8, 4) is 0 Å². The van der Waals surface area contributed by atoms with Gasteiger partial charge in [0.1, 0.15) is 42.3 Å². The summed E-state index contributed by atoms with van der Waals surface area (Å²) >= 11 is 0. The van der Waals surface area contributed by atoms with E-state index in [-0.39, 0.29) is 18.5 Å². The van der Waals surface area contributed by atoms with Crippen LogP contribution in [0.2, 0.25) is 0 Å². The van der Waals surface area contributed by atoms with Crippen LogP contribution in [0.25, 0.3) is 11.2 Å². The zero-order valence-corrected chi connectivity index (χ0v) is 19.5. The lowest BCUT2D eigenvalue weighted by Crippen LogP contribution is -2.48. The smallest absolute Gasteiger partial charge is 0.462 e. The Kier molecular flexibility index (Phi) is 6.55. The topological polar surface area (TPSA) is 185 Å². The van der Waals surface area contributed by atoms with Crippen LogP contribution in [0.3, 0.4) is 0 Å². The highest BCUT2D eigenvalue weighted by atomic mass is 31.2. The first kappa shape index (κ1) is 24.1. The van der Waals surface area contributed by atoms with Gasteiger partial charge in [-0.15, -0.1) is 9.61 Å². The number of ether oxygens (including phenoxy) is 3. The average molecular weight is 487 g/mol. The molecule has 4 heterocycles. The predicted molar refractivity (Wildman–Crippen MR) is 114 cm³/mol. The second-order valence-corrected chi connectivity index (χ2v) is 10.1. The number of nitrogens with one attached hydrogen (secondary N) is 1. The van der Waals surface area contributed by atoms with Gasteiger partial charge in [0.15, 0.2) is 24.5 Å². The number of fused-ring (bicyclic) bond motifs is 2. The highest BCUT2D eigenvalue weighted by molar-refractivity contribution is 7.58. The zero-order chi connectivity index (χ0) is 24.0. The van der Waals surface area contributed by atoms with E-state index in [2.05, 4.69) is 20.0 Å². The maximum absolute atomic E-state index is 12.1. The standard InChI is InChI=1S/C18H28N6O8P/c1-9(2)31-16(25)10(3)23-33(27)29-5-11-13(28-8-30-33)18(4,26)17(32-11)24-7-22-12-14(19)20-6-21-15(12)24/h6-7,9-11,13,17,23,26-27H,5,8H2,1-4H3,(H2,19,20,21)/q+1/t10?,11-,13-,17-,18-,33?/m1/s1. The van der Waals surface area contributed by atoms with Crippen LogP contribution in [0.15, 0.2) is 12.7 Å². The normalized spacial score (nSPS) is 33.5. The van der Waals surface area contributed by atoms with Crippen molar-refractivity contribution in [3.63, 3.8) is 0 Å². The number of nitrogens with two attached hydrogens (primary N) is 1. The molecule has 2 unspecified atom stereocenters. The molecule has 2 aliphatic rings. The van der Waals surface area contributed by atoms with Crippen LogP contribution < -0.4 is 10.8 Å². The monoisotopic (exact) mass is 487 g/mol. The van der Waals surface area contributed by atoms with E-state index >= 15 is 0 Å². The minimum atomic E-state index is -3.70. The molecule has 4 rings (SSSR count). The van der Waals surface area contributed by atoms with Gasteiger partial charge in [-0.3, -0.25) is 9.36 Å². The minimum Gasteiger partial charge on any atom is -0.462 e. The van der Waals surface area contributed by atoms with Crippen molar-refractivity contribution < 1.29 is 38.1 Å². The number of hydrogen-bond acceptors (Lipinski definition) is 13. The molecule has 6 atom stereocenters. The van der Waals surface area contributed by atoms with Crippen molar-refractivity contribution in [2.45, 2.75) is 63.9 Å². The lowest BCUT2D eigenvalue weighted by atomic mass is 9.96. The molecule has 14 nitrogen and oxygen atoms in total. The van der Waals surface area contributed by atoms with Gasteiger partial charge in [0, 0.05) is 0 Å². The lowest BCUT2D eigenvalue weighted by Gasteiger charge is -2.31. The SMILES string of the molecule is CC(C)OC(=O)C(C)N[P+]1(O)OCO[C@@H]2[C@@H](CO1)O[C@@H](n1cnc3c(N)ncnc31)[C@]2(C)O. The third kappa shape index (κ3) is 4.66. The van der Waals surface area contributed by atoms with Gasteiger partial charge in [-0.05, 0) is 27.7 Å². The molecule has 2 aliphatic heterocycles. The van der Waals surface area contributed by atoms with Crippen LogP contribution in [-0.4, -0.2) is 78.8 Å². The van der Waals surface area contributed by atoms with E-state index in [1.165, 1.54) is 24.1 Å². The van der Waals surface area contributed by atoms with Gasteiger partial charge in [-0.1, -0.05) is 0 Å². The van der Waals surface area contributed by atoms with Gasteiger partial charge >= 0.3 is 14.1 Å². The summed E-state index contributed by atoms with van der Waals surface area (Å²) in [6, 6.07) is -0.899. The van der Waals surface area contributed by atoms with E-state index in [0.29, 0.717) is 11.2 Å². The van der Waals surface area contributed by atoms with Crippen molar-refractivity contribution in [3.05, 3.63) is 12.7 Å². The fraction of sp³-hybridized carbons (Fsp3) is 0.667. The molecule has 33 heavy (non-hydrogen) atoms. The second-order valence-electron chi connectivity index (χ2n) is 8.32. The van der Waals surface area contributed by atoms with Gasteiger partial charge in [0.2, 0.25) is 0 Å². The number of nitrogens with zero attached hydrogens (tertiary/aromatic N) is 4. The van der Waals surface area contributed by atoms with Crippen LogP contribution in [0.1, 0.15) is 33.9 Å².